The molecule has 0 radical (unpaired) electrons. The number of thiophene rings is 2. The summed E-state index contributed by atoms with van der Waals surface area (Å²) in [4.78, 5) is 34.7. The minimum Gasteiger partial charge on any atom is -0.313 e. The first-order valence-corrected chi connectivity index (χ1v) is 13.0. The van der Waals surface area contributed by atoms with Crippen LogP contribution in [0.1, 0.15) is 38.5 Å². The van der Waals surface area contributed by atoms with Gasteiger partial charge < -0.3 is 4.90 Å². The van der Waals surface area contributed by atoms with Crippen molar-refractivity contribution in [2.45, 2.75) is 49.7 Å². The maximum atomic E-state index is 13.1. The van der Waals surface area contributed by atoms with Crippen LogP contribution in [0.5, 0.6) is 0 Å². The Morgan fingerprint density at radius 2 is 2.20 bits per heavy atom. The second kappa shape index (κ2) is 8.32. The molecule has 0 aliphatic heterocycles. The van der Waals surface area contributed by atoms with Crippen LogP contribution >= 0.6 is 34.4 Å². The fourth-order valence-corrected chi connectivity index (χ4v) is 6.60. The molecule has 2 aliphatic rings. The van der Waals surface area contributed by atoms with Crippen LogP contribution in [-0.2, 0) is 11.8 Å². The third-order valence-corrected chi connectivity index (χ3v) is 8.43. The highest BCUT2D eigenvalue weighted by molar-refractivity contribution is 7.99. The smallest absolute Gasteiger partial charge is 0.263 e. The van der Waals surface area contributed by atoms with E-state index in [1.165, 1.54) is 35.2 Å². The van der Waals surface area contributed by atoms with Crippen LogP contribution in [0.3, 0.4) is 0 Å². The third-order valence-electron chi connectivity index (χ3n) is 5.64. The Morgan fingerprint density at radius 3 is 2.90 bits per heavy atom. The summed E-state index contributed by atoms with van der Waals surface area (Å²) in [5, 5.41) is 5.30. The summed E-state index contributed by atoms with van der Waals surface area (Å²) in [6.45, 7) is 0. The number of hydrogen-bond acceptors (Lipinski definition) is 6. The van der Waals surface area contributed by atoms with Crippen molar-refractivity contribution in [3.8, 4) is 10.4 Å². The molecule has 5 rings (SSSR count). The molecular weight excluding hydrogens is 434 g/mol. The summed E-state index contributed by atoms with van der Waals surface area (Å²) in [5.41, 5.74) is 2.11. The standard InChI is InChI=1S/C22H23N3O2S3/c1-24-21(27)19-16(17-8-5-11-28-17)12-29-20(19)23-22(24)30-13-18(26)25(15-9-10-15)14-6-3-2-4-7-14/h5-6,8,11-12,15H,2-4,7,9-10,13H2,1H3. The highest BCUT2D eigenvalue weighted by Gasteiger charge is 2.35. The molecule has 2 aliphatic carbocycles. The molecule has 3 aromatic heterocycles. The maximum absolute atomic E-state index is 13.1. The second-order valence-electron chi connectivity index (χ2n) is 7.79. The molecular formula is C22H23N3O2S3. The summed E-state index contributed by atoms with van der Waals surface area (Å²) >= 11 is 4.49. The molecule has 5 nitrogen and oxygen atoms in total. The Morgan fingerprint density at radius 1 is 1.33 bits per heavy atom. The number of rotatable bonds is 6. The van der Waals surface area contributed by atoms with Crippen molar-refractivity contribution in [1.29, 1.82) is 0 Å². The largest absolute Gasteiger partial charge is 0.313 e. The highest BCUT2D eigenvalue weighted by Crippen LogP contribution is 2.36. The van der Waals surface area contributed by atoms with Crippen LogP contribution < -0.4 is 5.56 Å². The van der Waals surface area contributed by atoms with E-state index >= 15 is 0 Å². The van der Waals surface area contributed by atoms with Gasteiger partial charge in [-0.1, -0.05) is 23.9 Å². The van der Waals surface area contributed by atoms with E-state index in [0.717, 1.165) is 47.4 Å². The lowest BCUT2D eigenvalue weighted by atomic mass is 10.0. The molecule has 1 fully saturated rings. The predicted octanol–water partition coefficient (Wildman–Crippen LogP) is 5.26. The number of hydrogen-bond donors (Lipinski definition) is 0. The van der Waals surface area contributed by atoms with Gasteiger partial charge in [0.05, 0.1) is 11.1 Å². The van der Waals surface area contributed by atoms with Crippen molar-refractivity contribution in [3.05, 3.63) is 45.0 Å². The summed E-state index contributed by atoms with van der Waals surface area (Å²) in [6.07, 6.45) is 8.86. The fraction of sp³-hybridized carbons (Fsp3) is 0.409. The summed E-state index contributed by atoms with van der Waals surface area (Å²) in [6, 6.07) is 4.39. The molecule has 0 aromatic carbocycles. The molecule has 30 heavy (non-hydrogen) atoms. The topological polar surface area (TPSA) is 55.2 Å². The molecule has 156 valence electrons. The van der Waals surface area contributed by atoms with Crippen molar-refractivity contribution >= 4 is 50.6 Å². The molecule has 0 bridgehead atoms. The third kappa shape index (κ3) is 3.76. The Kier molecular flexibility index (Phi) is 5.56. The number of carbonyl (C=O) groups is 1. The van der Waals surface area contributed by atoms with Crippen LogP contribution in [0.15, 0.2) is 44.6 Å². The molecule has 1 saturated carbocycles. The van der Waals surface area contributed by atoms with E-state index in [1.807, 2.05) is 27.8 Å². The van der Waals surface area contributed by atoms with Crippen molar-refractivity contribution < 1.29 is 4.79 Å². The zero-order valence-corrected chi connectivity index (χ0v) is 19.2. The normalized spacial score (nSPS) is 16.6. The Balaban J connectivity index is 1.39. The first-order chi connectivity index (χ1) is 14.6. The lowest BCUT2D eigenvalue weighted by molar-refractivity contribution is -0.127. The van der Waals surface area contributed by atoms with Gasteiger partial charge in [-0.3, -0.25) is 14.2 Å². The molecule has 8 heteroatoms. The van der Waals surface area contributed by atoms with Gasteiger partial charge in [0.2, 0.25) is 5.91 Å². The lowest BCUT2D eigenvalue weighted by Crippen LogP contribution is -2.34. The molecule has 0 spiro atoms. The average molecular weight is 458 g/mol. The monoisotopic (exact) mass is 457 g/mol. The zero-order chi connectivity index (χ0) is 20.7. The van der Waals surface area contributed by atoms with Gasteiger partial charge >= 0.3 is 0 Å². The van der Waals surface area contributed by atoms with E-state index in [-0.39, 0.29) is 11.5 Å². The first kappa shape index (κ1) is 20.0. The number of fused-ring (bicyclic) bond motifs is 1. The number of allylic oxidation sites excluding steroid dienone is 2. The van der Waals surface area contributed by atoms with Gasteiger partial charge in [-0.25, -0.2) is 4.98 Å². The Bertz CT molecular complexity index is 1170. The van der Waals surface area contributed by atoms with Crippen molar-refractivity contribution in [2.75, 3.05) is 5.75 Å². The molecule has 0 saturated heterocycles. The van der Waals surface area contributed by atoms with E-state index in [9.17, 15) is 9.59 Å². The number of carbonyl (C=O) groups excluding carboxylic acids is 1. The van der Waals surface area contributed by atoms with Gasteiger partial charge in [0, 0.05) is 34.6 Å². The second-order valence-corrected chi connectivity index (χ2v) is 10.5. The Labute approximate surface area is 187 Å². The van der Waals surface area contributed by atoms with Gasteiger partial charge in [0.1, 0.15) is 4.83 Å². The van der Waals surface area contributed by atoms with Gasteiger partial charge in [0.25, 0.3) is 5.56 Å². The summed E-state index contributed by atoms with van der Waals surface area (Å²) < 4.78 is 1.59. The summed E-state index contributed by atoms with van der Waals surface area (Å²) in [7, 11) is 1.75. The SMILES string of the molecule is Cn1c(SCC(=O)N(C2=CCCCC2)C2CC2)nc2scc(-c3cccs3)c2c1=O. The molecule has 0 unspecified atom stereocenters. The molecule has 0 N–H and O–H groups in total. The van der Waals surface area contributed by atoms with E-state index in [4.69, 9.17) is 4.98 Å². The van der Waals surface area contributed by atoms with Crippen LogP contribution in [0.4, 0.5) is 0 Å². The van der Waals surface area contributed by atoms with Crippen LogP contribution in [-0.4, -0.2) is 32.2 Å². The van der Waals surface area contributed by atoms with Crippen molar-refractivity contribution in [2.24, 2.45) is 7.05 Å². The van der Waals surface area contributed by atoms with Crippen LogP contribution in [0.25, 0.3) is 20.7 Å². The number of aromatic nitrogens is 2. The lowest BCUT2D eigenvalue weighted by Gasteiger charge is -2.27. The molecule has 1 amide bonds. The minimum atomic E-state index is -0.0476. The fourth-order valence-electron chi connectivity index (χ4n) is 3.96. The van der Waals surface area contributed by atoms with E-state index < -0.39 is 0 Å². The van der Waals surface area contributed by atoms with E-state index in [2.05, 4.69) is 6.08 Å². The zero-order valence-electron chi connectivity index (χ0n) is 16.8. The first-order valence-electron chi connectivity index (χ1n) is 10.3. The van der Waals surface area contributed by atoms with Gasteiger partial charge in [-0.05, 0) is 50.0 Å². The predicted molar refractivity (Wildman–Crippen MR) is 125 cm³/mol. The number of amides is 1. The van der Waals surface area contributed by atoms with E-state index in [0.29, 0.717) is 22.3 Å². The van der Waals surface area contributed by atoms with Gasteiger partial charge in [-0.15, -0.1) is 22.7 Å². The van der Waals surface area contributed by atoms with Gasteiger partial charge in [-0.2, -0.15) is 0 Å². The number of thioether (sulfide) groups is 1. The quantitative estimate of drug-likeness (QED) is 0.374. The summed E-state index contributed by atoms with van der Waals surface area (Å²) in [5.74, 6) is 0.443. The molecule has 3 heterocycles. The number of nitrogens with zero attached hydrogens (tertiary/aromatic N) is 3. The van der Waals surface area contributed by atoms with Crippen molar-refractivity contribution in [1.82, 2.24) is 14.5 Å². The Hall–Kier alpha value is -1.90. The average Bonchev–Trinajstić information content (AvgIpc) is 3.26. The van der Waals surface area contributed by atoms with Crippen molar-refractivity contribution in [3.63, 3.8) is 0 Å². The maximum Gasteiger partial charge on any atom is 0.263 e. The van der Waals surface area contributed by atoms with E-state index in [1.54, 1.807) is 23.0 Å². The van der Waals surface area contributed by atoms with Crippen LogP contribution in [0, 0.1) is 0 Å². The minimum absolute atomic E-state index is 0.0476. The molecule has 0 atom stereocenters. The van der Waals surface area contributed by atoms with Gasteiger partial charge in [0.15, 0.2) is 5.16 Å². The van der Waals surface area contributed by atoms with Crippen LogP contribution in [0.2, 0.25) is 0 Å². The highest BCUT2D eigenvalue weighted by atomic mass is 32.2. The molecule has 3 aromatic rings.